The summed E-state index contributed by atoms with van der Waals surface area (Å²) in [7, 11) is 4.02. The molecule has 21 heavy (non-hydrogen) atoms. The van der Waals surface area contributed by atoms with E-state index in [1.165, 1.54) is 12.1 Å². The Labute approximate surface area is 128 Å². The van der Waals surface area contributed by atoms with Crippen molar-refractivity contribution in [1.82, 2.24) is 9.80 Å². The van der Waals surface area contributed by atoms with Gasteiger partial charge in [0.15, 0.2) is 0 Å². The smallest absolute Gasteiger partial charge is 0.269 e. The van der Waals surface area contributed by atoms with Crippen LogP contribution in [0.15, 0.2) is 24.3 Å². The molecule has 1 aromatic rings. The van der Waals surface area contributed by atoms with Gasteiger partial charge in [-0.1, -0.05) is 0 Å². The van der Waals surface area contributed by atoms with Crippen LogP contribution in [0.4, 0.5) is 5.69 Å². The van der Waals surface area contributed by atoms with Crippen LogP contribution in [0.2, 0.25) is 0 Å². The Kier molecular flexibility index (Phi) is 5.19. The van der Waals surface area contributed by atoms with Gasteiger partial charge in [-0.05, 0) is 44.8 Å². The Balaban J connectivity index is 2.06. The summed E-state index contributed by atoms with van der Waals surface area (Å²) >= 11 is 1.58. The van der Waals surface area contributed by atoms with Gasteiger partial charge in [0.2, 0.25) is 5.91 Å². The number of thioether (sulfide) groups is 1. The van der Waals surface area contributed by atoms with E-state index >= 15 is 0 Å². The van der Waals surface area contributed by atoms with Crippen molar-refractivity contribution in [1.29, 1.82) is 0 Å². The van der Waals surface area contributed by atoms with Gasteiger partial charge in [-0.3, -0.25) is 14.9 Å². The first-order valence-electron chi connectivity index (χ1n) is 6.79. The molecular weight excluding hydrogens is 290 g/mol. The zero-order chi connectivity index (χ0) is 15.4. The number of hydrogen-bond acceptors (Lipinski definition) is 5. The molecule has 1 aliphatic rings. The zero-order valence-corrected chi connectivity index (χ0v) is 13.0. The fourth-order valence-electron chi connectivity index (χ4n) is 2.29. The molecule has 0 radical (unpaired) electrons. The van der Waals surface area contributed by atoms with Gasteiger partial charge >= 0.3 is 0 Å². The molecule has 1 atom stereocenters. The van der Waals surface area contributed by atoms with E-state index in [-0.39, 0.29) is 17.0 Å². The van der Waals surface area contributed by atoms with Crippen molar-refractivity contribution in [2.75, 3.05) is 32.9 Å². The van der Waals surface area contributed by atoms with Gasteiger partial charge in [-0.25, -0.2) is 0 Å². The second kappa shape index (κ2) is 6.91. The van der Waals surface area contributed by atoms with Gasteiger partial charge in [0.05, 0.1) is 10.7 Å². The van der Waals surface area contributed by atoms with Crippen LogP contribution in [0, 0.1) is 10.1 Å². The summed E-state index contributed by atoms with van der Waals surface area (Å²) < 4.78 is 0. The summed E-state index contributed by atoms with van der Waals surface area (Å²) in [5.41, 5.74) is 1.02. The average molecular weight is 309 g/mol. The van der Waals surface area contributed by atoms with E-state index < -0.39 is 4.92 Å². The van der Waals surface area contributed by atoms with Crippen LogP contribution in [0.5, 0.6) is 0 Å². The molecule has 0 N–H and O–H groups in total. The number of nitro benzene ring substituents is 1. The Bertz CT molecular complexity index is 519. The van der Waals surface area contributed by atoms with E-state index in [0.29, 0.717) is 12.3 Å². The predicted molar refractivity (Wildman–Crippen MR) is 83.2 cm³/mol. The molecule has 2 rings (SSSR count). The topological polar surface area (TPSA) is 66.7 Å². The fourth-order valence-corrected chi connectivity index (χ4v) is 3.51. The van der Waals surface area contributed by atoms with Crippen LogP contribution in [0.25, 0.3) is 0 Å². The Morgan fingerprint density at radius 3 is 2.62 bits per heavy atom. The van der Waals surface area contributed by atoms with E-state index in [0.717, 1.165) is 18.5 Å². The molecule has 6 nitrogen and oxygen atoms in total. The SMILES string of the molecule is CN(C)CCCN1C(=O)CS[C@H]1c1ccc([N+](=O)[O-])cc1. The summed E-state index contributed by atoms with van der Waals surface area (Å²) in [6.07, 6.45) is 0.919. The van der Waals surface area contributed by atoms with Gasteiger partial charge in [0.25, 0.3) is 5.69 Å². The van der Waals surface area contributed by atoms with Crippen molar-refractivity contribution in [2.45, 2.75) is 11.8 Å². The quantitative estimate of drug-likeness (QED) is 0.595. The maximum absolute atomic E-state index is 12.0. The van der Waals surface area contributed by atoms with E-state index in [4.69, 9.17) is 0 Å². The second-order valence-electron chi connectivity index (χ2n) is 5.26. The molecule has 0 aromatic heterocycles. The lowest BCUT2D eigenvalue weighted by molar-refractivity contribution is -0.384. The fraction of sp³-hybridized carbons (Fsp3) is 0.500. The number of amides is 1. The molecule has 1 saturated heterocycles. The van der Waals surface area contributed by atoms with Crippen LogP contribution in [0.3, 0.4) is 0 Å². The van der Waals surface area contributed by atoms with Crippen molar-refractivity contribution in [2.24, 2.45) is 0 Å². The minimum absolute atomic E-state index is 0.0273. The minimum atomic E-state index is -0.411. The normalized spacial score (nSPS) is 18.5. The second-order valence-corrected chi connectivity index (χ2v) is 6.32. The number of rotatable bonds is 6. The molecule has 0 aliphatic carbocycles. The number of carbonyl (C=O) groups excluding carboxylic acids is 1. The lowest BCUT2D eigenvalue weighted by atomic mass is 10.2. The predicted octanol–water partition coefficient (Wildman–Crippen LogP) is 2.12. The van der Waals surface area contributed by atoms with Crippen LogP contribution in [0.1, 0.15) is 17.4 Å². The Hall–Kier alpha value is -1.60. The van der Waals surface area contributed by atoms with Gasteiger partial charge in [-0.15, -0.1) is 11.8 Å². The molecule has 1 fully saturated rings. The summed E-state index contributed by atoms with van der Waals surface area (Å²) in [6, 6.07) is 6.48. The monoisotopic (exact) mass is 309 g/mol. The van der Waals surface area contributed by atoms with Crippen LogP contribution >= 0.6 is 11.8 Å². The zero-order valence-electron chi connectivity index (χ0n) is 12.2. The average Bonchev–Trinajstić information content (AvgIpc) is 2.80. The van der Waals surface area contributed by atoms with Crippen molar-refractivity contribution in [3.05, 3.63) is 39.9 Å². The number of non-ortho nitro benzene ring substituents is 1. The highest BCUT2D eigenvalue weighted by atomic mass is 32.2. The van der Waals surface area contributed by atoms with Crippen molar-refractivity contribution in [3.63, 3.8) is 0 Å². The van der Waals surface area contributed by atoms with Gasteiger partial charge in [-0.2, -0.15) is 0 Å². The Morgan fingerprint density at radius 1 is 1.38 bits per heavy atom. The summed E-state index contributed by atoms with van der Waals surface area (Å²) in [6.45, 7) is 1.65. The molecule has 7 heteroatoms. The Morgan fingerprint density at radius 2 is 2.05 bits per heavy atom. The molecule has 114 valence electrons. The number of nitrogens with zero attached hydrogens (tertiary/aromatic N) is 3. The number of nitro groups is 1. The summed E-state index contributed by atoms with van der Waals surface area (Å²) in [4.78, 5) is 26.2. The number of benzene rings is 1. The first kappa shape index (κ1) is 15.8. The molecule has 1 aromatic carbocycles. The molecular formula is C14H19N3O3S. The minimum Gasteiger partial charge on any atom is -0.326 e. The number of carbonyl (C=O) groups is 1. The van der Waals surface area contributed by atoms with Crippen molar-refractivity contribution < 1.29 is 9.72 Å². The van der Waals surface area contributed by atoms with E-state index in [1.807, 2.05) is 19.0 Å². The molecule has 0 spiro atoms. The van der Waals surface area contributed by atoms with Crippen molar-refractivity contribution >= 4 is 23.4 Å². The molecule has 1 aliphatic heterocycles. The van der Waals surface area contributed by atoms with Gasteiger partial charge in [0.1, 0.15) is 5.37 Å². The van der Waals surface area contributed by atoms with E-state index in [2.05, 4.69) is 4.90 Å². The highest BCUT2D eigenvalue weighted by Crippen LogP contribution is 2.38. The summed E-state index contributed by atoms with van der Waals surface area (Å²) in [5.74, 6) is 0.617. The first-order chi connectivity index (χ1) is 9.99. The molecule has 0 unspecified atom stereocenters. The molecule has 0 bridgehead atoms. The third-order valence-electron chi connectivity index (χ3n) is 3.36. The third kappa shape index (κ3) is 3.95. The van der Waals surface area contributed by atoms with Gasteiger partial charge in [0, 0.05) is 18.7 Å². The standard InChI is InChI=1S/C14H19N3O3S/c1-15(2)8-3-9-16-13(18)10-21-14(16)11-4-6-12(7-5-11)17(19)20/h4-7,14H,3,8-10H2,1-2H3/t14-/m0/s1. The molecule has 1 amide bonds. The maximum Gasteiger partial charge on any atom is 0.269 e. The van der Waals surface area contributed by atoms with Crippen LogP contribution in [-0.4, -0.2) is 53.6 Å². The summed E-state index contributed by atoms with van der Waals surface area (Å²) in [5, 5.41) is 10.7. The van der Waals surface area contributed by atoms with Gasteiger partial charge < -0.3 is 9.80 Å². The van der Waals surface area contributed by atoms with Crippen LogP contribution < -0.4 is 0 Å². The maximum atomic E-state index is 12.0. The van der Waals surface area contributed by atoms with E-state index in [1.54, 1.807) is 23.9 Å². The number of hydrogen-bond donors (Lipinski definition) is 0. The van der Waals surface area contributed by atoms with Crippen LogP contribution in [-0.2, 0) is 4.79 Å². The highest BCUT2D eigenvalue weighted by molar-refractivity contribution is 8.00. The lowest BCUT2D eigenvalue weighted by Crippen LogP contribution is -2.31. The highest BCUT2D eigenvalue weighted by Gasteiger charge is 2.32. The van der Waals surface area contributed by atoms with E-state index in [9.17, 15) is 14.9 Å². The first-order valence-corrected chi connectivity index (χ1v) is 7.84. The molecule has 0 saturated carbocycles. The lowest BCUT2D eigenvalue weighted by Gasteiger charge is -2.24. The largest absolute Gasteiger partial charge is 0.326 e. The molecule has 1 heterocycles. The van der Waals surface area contributed by atoms with Crippen molar-refractivity contribution in [3.8, 4) is 0 Å². The third-order valence-corrected chi connectivity index (χ3v) is 4.62.